The summed E-state index contributed by atoms with van der Waals surface area (Å²) in [4.78, 5) is 46.1. The number of fused-ring (bicyclic) bond motifs is 1. The molecule has 3 aromatic rings. The van der Waals surface area contributed by atoms with E-state index in [0.717, 1.165) is 24.1 Å². The maximum atomic E-state index is 14.7. The highest BCUT2D eigenvalue weighted by Gasteiger charge is 2.49. The van der Waals surface area contributed by atoms with Crippen LogP contribution in [0.1, 0.15) is 26.3 Å². The van der Waals surface area contributed by atoms with Crippen molar-refractivity contribution < 1.29 is 41.1 Å². The molecule has 4 rings (SSSR count). The van der Waals surface area contributed by atoms with Crippen LogP contribution in [0, 0.1) is 11.6 Å². The van der Waals surface area contributed by atoms with Crippen molar-refractivity contribution in [3.05, 3.63) is 52.7 Å². The van der Waals surface area contributed by atoms with Crippen LogP contribution in [0.4, 0.5) is 43.0 Å². The average molecular weight is 588 g/mol. The zero-order chi connectivity index (χ0) is 29.9. The van der Waals surface area contributed by atoms with E-state index >= 15 is 0 Å². The number of carbonyl (C=O) groups is 3. The Morgan fingerprint density at radius 1 is 1.15 bits per heavy atom. The number of amides is 4. The molecule has 3 heterocycles. The lowest BCUT2D eigenvalue weighted by Gasteiger charge is -2.27. The van der Waals surface area contributed by atoms with Gasteiger partial charge < -0.3 is 14.2 Å². The number of ether oxygens (including phenoxy) is 1. The van der Waals surface area contributed by atoms with E-state index in [1.807, 2.05) is 0 Å². The minimum atomic E-state index is -4.87. The summed E-state index contributed by atoms with van der Waals surface area (Å²) < 4.78 is 77.0. The zero-order valence-electron chi connectivity index (χ0n) is 21.8. The van der Waals surface area contributed by atoms with E-state index < -0.39 is 76.1 Å². The molecule has 9 nitrogen and oxygen atoms in total. The normalized spacial score (nSPS) is 16.2. The van der Waals surface area contributed by atoms with Gasteiger partial charge in [0.1, 0.15) is 33.9 Å². The zero-order valence-corrected chi connectivity index (χ0v) is 22.6. The maximum Gasteiger partial charge on any atom is 0.418 e. The summed E-state index contributed by atoms with van der Waals surface area (Å²) in [5.74, 6) is -3.97. The molecule has 1 atom stereocenters. The highest BCUT2D eigenvalue weighted by Crippen LogP contribution is 2.38. The lowest BCUT2D eigenvalue weighted by molar-refractivity contribution is -0.136. The molecule has 1 fully saturated rings. The molecule has 0 aliphatic carbocycles. The van der Waals surface area contributed by atoms with Gasteiger partial charge in [-0.1, -0.05) is 11.6 Å². The van der Waals surface area contributed by atoms with Gasteiger partial charge in [0.15, 0.2) is 5.82 Å². The first kappa shape index (κ1) is 29.1. The van der Waals surface area contributed by atoms with E-state index in [-0.39, 0.29) is 11.0 Å². The topological polar surface area (TPSA) is 88.0 Å². The Bertz CT molecular complexity index is 1530. The Morgan fingerprint density at radius 3 is 2.40 bits per heavy atom. The first-order chi connectivity index (χ1) is 18.4. The van der Waals surface area contributed by atoms with Crippen molar-refractivity contribution in [1.29, 1.82) is 0 Å². The fourth-order valence-electron chi connectivity index (χ4n) is 4.21. The summed E-state index contributed by atoms with van der Waals surface area (Å²) in [6, 6.07) is 0.680. The van der Waals surface area contributed by atoms with Crippen LogP contribution in [0.15, 0.2) is 30.5 Å². The fourth-order valence-corrected chi connectivity index (χ4v) is 4.37. The Balaban J connectivity index is 1.86. The monoisotopic (exact) mass is 587 g/mol. The van der Waals surface area contributed by atoms with E-state index in [1.54, 1.807) is 0 Å². The molecule has 0 saturated carbocycles. The Morgan fingerprint density at radius 2 is 1.80 bits per heavy atom. The number of rotatable bonds is 3. The molecule has 40 heavy (non-hydrogen) atoms. The van der Waals surface area contributed by atoms with Crippen LogP contribution in [0.25, 0.3) is 11.0 Å². The third-order valence-electron chi connectivity index (χ3n) is 6.09. The number of benzene rings is 1. The van der Waals surface area contributed by atoms with Crippen molar-refractivity contribution in [3.63, 3.8) is 0 Å². The molecule has 214 valence electrons. The molecule has 1 unspecified atom stereocenters. The summed E-state index contributed by atoms with van der Waals surface area (Å²) in [5.41, 5.74) is -2.81. The van der Waals surface area contributed by atoms with E-state index in [4.69, 9.17) is 16.3 Å². The van der Waals surface area contributed by atoms with Crippen molar-refractivity contribution in [2.45, 2.75) is 38.6 Å². The number of anilines is 2. The third kappa shape index (κ3) is 5.15. The quantitative estimate of drug-likeness (QED) is 0.288. The number of pyridine rings is 1. The summed E-state index contributed by atoms with van der Waals surface area (Å²) in [6.45, 7) is 3.92. The largest absolute Gasteiger partial charge is 0.443 e. The molecule has 1 aliphatic rings. The lowest BCUT2D eigenvalue weighted by atomic mass is 10.1. The van der Waals surface area contributed by atoms with Gasteiger partial charge >= 0.3 is 18.3 Å². The predicted molar refractivity (Wildman–Crippen MR) is 135 cm³/mol. The minimum absolute atomic E-state index is 0.149. The summed E-state index contributed by atoms with van der Waals surface area (Å²) in [7, 11) is 2.54. The number of aryl methyl sites for hydroxylation is 1. The van der Waals surface area contributed by atoms with Crippen LogP contribution in [0.2, 0.25) is 5.02 Å². The minimum Gasteiger partial charge on any atom is -0.443 e. The number of nitrogens with zero attached hydrogens (tertiary/aromatic N) is 5. The van der Waals surface area contributed by atoms with Gasteiger partial charge in [0.05, 0.1) is 17.8 Å². The SMILES string of the molecule is CN(C(=O)C1CN(C(=O)OC(C)(C)C)C(=O)N1c1cc(C(F)(F)F)c2ccn(C)c2n1)c1ccc(F)c(Cl)c1F. The highest BCUT2D eigenvalue weighted by molar-refractivity contribution is 6.31. The second-order valence-corrected chi connectivity index (χ2v) is 10.4. The molecule has 4 amide bonds. The first-order valence-corrected chi connectivity index (χ1v) is 12.1. The molecule has 0 bridgehead atoms. The summed E-state index contributed by atoms with van der Waals surface area (Å²) in [5, 5.41) is -1.14. The number of imide groups is 1. The van der Waals surface area contributed by atoms with Crippen LogP contribution in [0.3, 0.4) is 0 Å². The number of aromatic nitrogens is 2. The number of hydrogen-bond acceptors (Lipinski definition) is 5. The van der Waals surface area contributed by atoms with Gasteiger partial charge in [0, 0.05) is 25.7 Å². The van der Waals surface area contributed by atoms with Gasteiger partial charge in [-0.3, -0.25) is 9.69 Å². The van der Waals surface area contributed by atoms with Crippen LogP contribution < -0.4 is 9.80 Å². The third-order valence-corrected chi connectivity index (χ3v) is 6.43. The number of likely N-dealkylation sites (N-methyl/N-ethyl adjacent to an activating group) is 1. The van der Waals surface area contributed by atoms with E-state index in [0.29, 0.717) is 15.9 Å². The predicted octanol–water partition coefficient (Wildman–Crippen LogP) is 5.73. The number of carbonyl (C=O) groups excluding carboxylic acids is 3. The molecule has 0 spiro atoms. The van der Waals surface area contributed by atoms with Crippen LogP contribution in [-0.4, -0.2) is 57.7 Å². The van der Waals surface area contributed by atoms with Crippen molar-refractivity contribution in [2.75, 3.05) is 23.4 Å². The van der Waals surface area contributed by atoms with Gasteiger partial charge in [-0.2, -0.15) is 13.2 Å². The van der Waals surface area contributed by atoms with Crippen LogP contribution in [0.5, 0.6) is 0 Å². The number of urea groups is 1. The first-order valence-electron chi connectivity index (χ1n) is 11.7. The molecule has 1 aromatic carbocycles. The van der Waals surface area contributed by atoms with E-state index in [9.17, 15) is 36.3 Å². The maximum absolute atomic E-state index is 14.7. The number of halogens is 6. The summed E-state index contributed by atoms with van der Waals surface area (Å²) >= 11 is 5.64. The summed E-state index contributed by atoms with van der Waals surface area (Å²) in [6.07, 6.45) is -4.69. The van der Waals surface area contributed by atoms with Gasteiger partial charge in [-0.05, 0) is 45.0 Å². The van der Waals surface area contributed by atoms with Crippen LogP contribution in [-0.2, 0) is 22.8 Å². The van der Waals surface area contributed by atoms with Crippen molar-refractivity contribution >= 4 is 52.2 Å². The number of alkyl halides is 3. The molecule has 0 N–H and O–H groups in total. The van der Waals surface area contributed by atoms with E-state index in [1.165, 1.54) is 44.6 Å². The molecule has 1 saturated heterocycles. The molecular formula is C25H23ClF5N5O4. The van der Waals surface area contributed by atoms with Crippen LogP contribution >= 0.6 is 11.6 Å². The van der Waals surface area contributed by atoms with Gasteiger partial charge in [0.25, 0.3) is 5.91 Å². The van der Waals surface area contributed by atoms with Crippen molar-refractivity contribution in [1.82, 2.24) is 14.5 Å². The molecule has 2 aromatic heterocycles. The van der Waals surface area contributed by atoms with E-state index in [2.05, 4.69) is 4.98 Å². The molecular weight excluding hydrogens is 565 g/mol. The standard InChI is InChI=1S/C25H23ClF5N5O4/c1-24(2,3)40-23(39)35-11-16(21(37)34(5)15-7-6-14(27)18(26)19(15)28)36(22(35)38)17-10-13(25(29,30)31)12-8-9-33(4)20(12)32-17/h6-10,16H,11H2,1-5H3. The highest BCUT2D eigenvalue weighted by atomic mass is 35.5. The van der Waals surface area contributed by atoms with Gasteiger partial charge in [0.2, 0.25) is 0 Å². The van der Waals surface area contributed by atoms with Gasteiger partial charge in [-0.15, -0.1) is 0 Å². The molecule has 0 radical (unpaired) electrons. The average Bonchev–Trinajstić information content (AvgIpc) is 3.39. The fraction of sp³-hybridized carbons (Fsp3) is 0.360. The molecule has 1 aliphatic heterocycles. The second kappa shape index (κ2) is 9.91. The Hall–Kier alpha value is -3.94. The van der Waals surface area contributed by atoms with Gasteiger partial charge in [-0.25, -0.2) is 28.3 Å². The second-order valence-electron chi connectivity index (χ2n) is 10.0. The Kier molecular flexibility index (Phi) is 7.20. The van der Waals surface area contributed by atoms with Crippen molar-refractivity contribution in [3.8, 4) is 0 Å². The smallest absolute Gasteiger partial charge is 0.418 e. The van der Waals surface area contributed by atoms with Crippen molar-refractivity contribution in [2.24, 2.45) is 7.05 Å². The number of hydrogen-bond donors (Lipinski definition) is 0. The lowest BCUT2D eigenvalue weighted by Crippen LogP contribution is -2.47. The Labute approximate surface area is 229 Å². The molecule has 15 heteroatoms.